The van der Waals surface area contributed by atoms with Gasteiger partial charge in [0.2, 0.25) is 0 Å². The smallest absolute Gasteiger partial charge is 0.107 e. The van der Waals surface area contributed by atoms with Crippen LogP contribution in [0.5, 0.6) is 0 Å². The molecule has 3 rings (SSSR count). The summed E-state index contributed by atoms with van der Waals surface area (Å²) in [6, 6.07) is 0. The molecule has 0 bridgehead atoms. The average Bonchev–Trinajstić information content (AvgIpc) is 2.49. The van der Waals surface area contributed by atoms with E-state index in [2.05, 4.69) is 58.2 Å². The quantitative estimate of drug-likeness (QED) is 0.778. The summed E-state index contributed by atoms with van der Waals surface area (Å²) >= 11 is 0. The van der Waals surface area contributed by atoms with E-state index in [1.165, 1.54) is 5.57 Å². The molecule has 3 aliphatic rings. The topological polar surface area (TPSA) is 36.4 Å². The summed E-state index contributed by atoms with van der Waals surface area (Å²) in [4.78, 5) is 4.56. The fourth-order valence-electron chi connectivity index (χ4n) is 2.56. The molecule has 0 radical (unpaired) electrons. The van der Waals surface area contributed by atoms with Crippen LogP contribution in [0, 0.1) is 5.92 Å². The minimum Gasteiger partial charge on any atom is -0.354 e. The number of hydrogen-bond acceptors (Lipinski definition) is 3. The van der Waals surface area contributed by atoms with Crippen LogP contribution in [0.2, 0.25) is 0 Å². The fourth-order valence-corrected chi connectivity index (χ4v) is 2.56. The number of rotatable bonds is 2. The second-order valence-electron chi connectivity index (χ2n) is 4.85. The van der Waals surface area contributed by atoms with Crippen molar-refractivity contribution in [3.05, 3.63) is 48.1 Å². The number of allylic oxidation sites excluding steroid dienone is 6. The van der Waals surface area contributed by atoms with Gasteiger partial charge in [0, 0.05) is 5.92 Å². The Labute approximate surface area is 108 Å². The predicted molar refractivity (Wildman–Crippen MR) is 75.2 cm³/mol. The summed E-state index contributed by atoms with van der Waals surface area (Å²) in [5.74, 6) is 1.54. The van der Waals surface area contributed by atoms with E-state index >= 15 is 0 Å². The van der Waals surface area contributed by atoms with Crippen LogP contribution in [-0.2, 0) is 0 Å². The average molecular weight is 241 g/mol. The molecule has 2 atom stereocenters. The van der Waals surface area contributed by atoms with Crippen molar-refractivity contribution in [3.63, 3.8) is 0 Å². The highest BCUT2D eigenvalue weighted by Gasteiger charge is 2.22. The van der Waals surface area contributed by atoms with Crippen LogP contribution in [0.1, 0.15) is 19.3 Å². The lowest BCUT2D eigenvalue weighted by molar-refractivity contribution is 0.499. The van der Waals surface area contributed by atoms with Gasteiger partial charge < -0.3 is 5.32 Å². The van der Waals surface area contributed by atoms with Gasteiger partial charge >= 0.3 is 0 Å². The van der Waals surface area contributed by atoms with E-state index in [9.17, 15) is 0 Å². The Balaban J connectivity index is 1.69. The molecule has 0 aromatic heterocycles. The maximum Gasteiger partial charge on any atom is 0.107 e. The lowest BCUT2D eigenvalue weighted by Crippen LogP contribution is -2.52. The Morgan fingerprint density at radius 3 is 2.94 bits per heavy atom. The minimum absolute atomic E-state index is 0.252. The van der Waals surface area contributed by atoms with E-state index in [4.69, 9.17) is 0 Å². The van der Waals surface area contributed by atoms with Gasteiger partial charge in [-0.1, -0.05) is 42.5 Å². The molecule has 0 spiro atoms. The van der Waals surface area contributed by atoms with Crippen molar-refractivity contribution in [3.8, 4) is 0 Å². The SMILES string of the molecule is C1=CCCC(C2NCN=C(C3C=CC=CC3)N2)=C1. The second kappa shape index (κ2) is 5.36. The van der Waals surface area contributed by atoms with Crippen LogP contribution < -0.4 is 10.6 Å². The van der Waals surface area contributed by atoms with Gasteiger partial charge in [0.15, 0.2) is 0 Å². The van der Waals surface area contributed by atoms with Crippen molar-refractivity contribution in [2.24, 2.45) is 10.9 Å². The largest absolute Gasteiger partial charge is 0.354 e. The Morgan fingerprint density at radius 1 is 1.17 bits per heavy atom. The van der Waals surface area contributed by atoms with Gasteiger partial charge in [-0.2, -0.15) is 0 Å². The summed E-state index contributed by atoms with van der Waals surface area (Å²) in [6.07, 6.45) is 18.8. The van der Waals surface area contributed by atoms with Crippen molar-refractivity contribution >= 4 is 5.84 Å². The highest BCUT2D eigenvalue weighted by Crippen LogP contribution is 2.18. The standard InChI is InChI=1S/C15H19N3/c1-3-7-12(8-4-1)14-16-11-17-15(18-14)13-9-5-2-6-10-13/h1-5,7,9,12,15,17H,6,8,10-11H2,(H,16,18). The first-order valence-electron chi connectivity index (χ1n) is 6.67. The molecule has 3 heteroatoms. The Bertz CT molecular complexity index is 454. The number of hydrogen-bond donors (Lipinski definition) is 2. The van der Waals surface area contributed by atoms with E-state index in [0.717, 1.165) is 25.1 Å². The highest BCUT2D eigenvalue weighted by atomic mass is 15.2. The van der Waals surface area contributed by atoms with Crippen molar-refractivity contribution in [1.29, 1.82) is 0 Å². The maximum absolute atomic E-state index is 4.56. The highest BCUT2D eigenvalue weighted by molar-refractivity contribution is 5.87. The molecule has 0 aromatic rings. The van der Waals surface area contributed by atoms with Crippen LogP contribution >= 0.6 is 0 Å². The molecule has 0 fully saturated rings. The molecule has 0 amide bonds. The van der Waals surface area contributed by atoms with Gasteiger partial charge in [-0.25, -0.2) is 0 Å². The first-order valence-corrected chi connectivity index (χ1v) is 6.67. The lowest BCUT2D eigenvalue weighted by atomic mass is 9.97. The third-order valence-corrected chi connectivity index (χ3v) is 3.59. The maximum atomic E-state index is 4.56. The first kappa shape index (κ1) is 11.5. The normalized spacial score (nSPS) is 30.7. The summed E-state index contributed by atoms with van der Waals surface area (Å²) in [5, 5.41) is 6.96. The van der Waals surface area contributed by atoms with E-state index in [-0.39, 0.29) is 6.17 Å². The van der Waals surface area contributed by atoms with Crippen molar-refractivity contribution < 1.29 is 0 Å². The molecule has 2 N–H and O–H groups in total. The zero-order valence-corrected chi connectivity index (χ0v) is 10.5. The van der Waals surface area contributed by atoms with E-state index in [0.29, 0.717) is 12.6 Å². The summed E-state index contributed by atoms with van der Waals surface area (Å²) in [5.41, 5.74) is 1.43. The van der Waals surface area contributed by atoms with Crippen molar-refractivity contribution in [1.82, 2.24) is 10.6 Å². The molecule has 0 saturated carbocycles. The van der Waals surface area contributed by atoms with Crippen LogP contribution in [0.25, 0.3) is 0 Å². The van der Waals surface area contributed by atoms with Crippen LogP contribution in [0.4, 0.5) is 0 Å². The molecule has 1 heterocycles. The minimum atomic E-state index is 0.252. The fraction of sp³-hybridized carbons (Fsp3) is 0.400. The van der Waals surface area contributed by atoms with Crippen molar-refractivity contribution in [2.75, 3.05) is 6.67 Å². The second-order valence-corrected chi connectivity index (χ2v) is 4.85. The van der Waals surface area contributed by atoms with Gasteiger partial charge in [-0.15, -0.1) is 0 Å². The zero-order valence-electron chi connectivity index (χ0n) is 10.5. The third-order valence-electron chi connectivity index (χ3n) is 3.59. The monoisotopic (exact) mass is 241 g/mol. The first-order chi connectivity index (χ1) is 8.93. The molecule has 2 aliphatic carbocycles. The summed E-state index contributed by atoms with van der Waals surface area (Å²) < 4.78 is 0. The number of aliphatic imine (C=N–C) groups is 1. The van der Waals surface area contributed by atoms with E-state index < -0.39 is 0 Å². The van der Waals surface area contributed by atoms with Crippen molar-refractivity contribution in [2.45, 2.75) is 25.4 Å². The molecule has 94 valence electrons. The summed E-state index contributed by atoms with van der Waals surface area (Å²) in [6.45, 7) is 0.710. The molecule has 0 aromatic carbocycles. The Hall–Kier alpha value is -1.61. The van der Waals surface area contributed by atoms with Gasteiger partial charge in [0.05, 0.1) is 6.67 Å². The molecule has 2 unspecified atom stereocenters. The zero-order chi connectivity index (χ0) is 12.2. The number of amidine groups is 1. The lowest BCUT2D eigenvalue weighted by Gasteiger charge is -2.31. The van der Waals surface area contributed by atoms with E-state index in [1.54, 1.807) is 0 Å². The molecular weight excluding hydrogens is 222 g/mol. The molecule has 0 saturated heterocycles. The molecule has 3 nitrogen and oxygen atoms in total. The Morgan fingerprint density at radius 2 is 2.17 bits per heavy atom. The third kappa shape index (κ3) is 2.46. The number of nitrogens with zero attached hydrogens (tertiary/aromatic N) is 1. The van der Waals surface area contributed by atoms with Crippen LogP contribution in [-0.4, -0.2) is 18.7 Å². The van der Waals surface area contributed by atoms with Gasteiger partial charge in [-0.05, 0) is 24.8 Å². The van der Waals surface area contributed by atoms with Gasteiger partial charge in [-0.3, -0.25) is 10.3 Å². The van der Waals surface area contributed by atoms with Crippen LogP contribution in [0.15, 0.2) is 53.1 Å². The summed E-state index contributed by atoms with van der Waals surface area (Å²) in [7, 11) is 0. The van der Waals surface area contributed by atoms with E-state index in [1.807, 2.05) is 0 Å². The molecule has 1 aliphatic heterocycles. The van der Waals surface area contributed by atoms with Gasteiger partial charge in [0.1, 0.15) is 12.0 Å². The Kier molecular flexibility index (Phi) is 3.42. The van der Waals surface area contributed by atoms with Crippen LogP contribution in [0.3, 0.4) is 0 Å². The predicted octanol–water partition coefficient (Wildman–Crippen LogP) is 2.27. The molecular formula is C15H19N3. The van der Waals surface area contributed by atoms with Gasteiger partial charge in [0.25, 0.3) is 0 Å². The number of nitrogens with one attached hydrogen (secondary N) is 2. The molecule has 18 heavy (non-hydrogen) atoms.